The maximum atomic E-state index is 2.49. The van der Waals surface area contributed by atoms with Crippen molar-refractivity contribution in [3.05, 3.63) is 0 Å². The Hall–Kier alpha value is 0. The van der Waals surface area contributed by atoms with Crippen LogP contribution >= 0.6 is 0 Å². The molecule has 0 radical (unpaired) electrons. The second-order valence-corrected chi connectivity index (χ2v) is 4.98. The van der Waals surface area contributed by atoms with Crippen molar-refractivity contribution < 1.29 is 0 Å². The van der Waals surface area contributed by atoms with Gasteiger partial charge in [0.25, 0.3) is 0 Å². The molecule has 0 amide bonds. The van der Waals surface area contributed by atoms with Gasteiger partial charge in [0.2, 0.25) is 0 Å². The Labute approximate surface area is 76.7 Å². The third-order valence-corrected chi connectivity index (χ3v) is 4.52. The fourth-order valence-electron chi connectivity index (χ4n) is 3.69. The van der Waals surface area contributed by atoms with Gasteiger partial charge in [-0.15, -0.1) is 0 Å². The van der Waals surface area contributed by atoms with Gasteiger partial charge in [-0.2, -0.15) is 0 Å². The molecular formula is C12H22. The molecule has 0 nitrogen and oxygen atoms in total. The van der Waals surface area contributed by atoms with Crippen molar-refractivity contribution in [2.45, 2.75) is 58.8 Å². The monoisotopic (exact) mass is 166 g/mol. The normalized spacial score (nSPS) is 38.5. The van der Waals surface area contributed by atoms with E-state index in [-0.39, 0.29) is 0 Å². The molecule has 2 unspecified atom stereocenters. The number of hydrogen-bond donors (Lipinski definition) is 0. The van der Waals surface area contributed by atoms with Gasteiger partial charge in [-0.1, -0.05) is 39.5 Å². The van der Waals surface area contributed by atoms with Crippen molar-refractivity contribution in [3.8, 4) is 0 Å². The van der Waals surface area contributed by atoms with Gasteiger partial charge < -0.3 is 0 Å². The first-order valence-electron chi connectivity index (χ1n) is 5.81. The third-order valence-electron chi connectivity index (χ3n) is 4.52. The molecule has 12 heavy (non-hydrogen) atoms. The lowest BCUT2D eigenvalue weighted by Gasteiger charge is -2.23. The van der Waals surface area contributed by atoms with Gasteiger partial charge in [-0.3, -0.25) is 0 Å². The molecule has 0 N–H and O–H groups in total. The van der Waals surface area contributed by atoms with Crippen LogP contribution in [0.4, 0.5) is 0 Å². The van der Waals surface area contributed by atoms with E-state index in [1.54, 1.807) is 12.8 Å². The maximum absolute atomic E-state index is 2.49. The van der Waals surface area contributed by atoms with Gasteiger partial charge in [0.15, 0.2) is 0 Å². The second kappa shape index (κ2) is 3.05. The highest BCUT2D eigenvalue weighted by Gasteiger charge is 2.59. The molecule has 0 bridgehead atoms. The molecule has 2 rings (SSSR count). The van der Waals surface area contributed by atoms with Crippen molar-refractivity contribution in [3.63, 3.8) is 0 Å². The van der Waals surface area contributed by atoms with E-state index in [0.29, 0.717) is 0 Å². The third kappa shape index (κ3) is 1.11. The molecule has 0 saturated heterocycles. The number of rotatable bonds is 2. The summed E-state index contributed by atoms with van der Waals surface area (Å²) in [6.45, 7) is 4.83. The summed E-state index contributed by atoms with van der Waals surface area (Å²) in [5, 5.41) is 0. The van der Waals surface area contributed by atoms with Crippen molar-refractivity contribution in [1.29, 1.82) is 0 Å². The van der Waals surface area contributed by atoms with E-state index in [9.17, 15) is 0 Å². The summed E-state index contributed by atoms with van der Waals surface area (Å²) < 4.78 is 0. The van der Waals surface area contributed by atoms with Crippen molar-refractivity contribution in [2.75, 3.05) is 0 Å². The van der Waals surface area contributed by atoms with Crippen LogP contribution in [-0.4, -0.2) is 0 Å². The predicted molar refractivity (Wildman–Crippen MR) is 53.1 cm³/mol. The van der Waals surface area contributed by atoms with Crippen LogP contribution in [0.3, 0.4) is 0 Å². The lowest BCUT2D eigenvalue weighted by atomic mass is 9.83. The molecule has 2 fully saturated rings. The molecule has 1 spiro atoms. The van der Waals surface area contributed by atoms with Crippen LogP contribution < -0.4 is 0 Å². The molecule has 0 aliphatic heterocycles. The van der Waals surface area contributed by atoms with Crippen molar-refractivity contribution in [1.82, 2.24) is 0 Å². The van der Waals surface area contributed by atoms with Crippen molar-refractivity contribution in [2.24, 2.45) is 17.3 Å². The zero-order valence-electron chi connectivity index (χ0n) is 8.60. The molecule has 2 aliphatic carbocycles. The fourth-order valence-corrected chi connectivity index (χ4v) is 3.69. The first-order valence-corrected chi connectivity index (χ1v) is 5.81. The molecule has 0 heterocycles. The molecule has 2 saturated carbocycles. The lowest BCUT2D eigenvalue weighted by Crippen LogP contribution is -2.10. The SMILES string of the molecule is CCCC1C(C)C12CCCCC2. The smallest absolute Gasteiger partial charge is 0.0238 e. The first kappa shape index (κ1) is 8.59. The van der Waals surface area contributed by atoms with Crippen LogP contribution in [0, 0.1) is 17.3 Å². The topological polar surface area (TPSA) is 0 Å². The van der Waals surface area contributed by atoms with Gasteiger partial charge in [-0.05, 0) is 36.5 Å². The van der Waals surface area contributed by atoms with E-state index < -0.39 is 0 Å². The van der Waals surface area contributed by atoms with Crippen LogP contribution in [0.15, 0.2) is 0 Å². The quantitative estimate of drug-likeness (QED) is 0.581. The summed E-state index contributed by atoms with van der Waals surface area (Å²) in [5.41, 5.74) is 0.855. The Morgan fingerprint density at radius 1 is 1.17 bits per heavy atom. The molecule has 2 atom stereocenters. The van der Waals surface area contributed by atoms with Crippen LogP contribution in [0.2, 0.25) is 0 Å². The maximum Gasteiger partial charge on any atom is -0.0238 e. The molecule has 0 aromatic heterocycles. The van der Waals surface area contributed by atoms with E-state index in [4.69, 9.17) is 0 Å². The molecule has 0 heteroatoms. The highest BCUT2D eigenvalue weighted by Crippen LogP contribution is 2.67. The zero-order valence-corrected chi connectivity index (χ0v) is 8.60. The predicted octanol–water partition coefficient (Wildman–Crippen LogP) is 4.00. The summed E-state index contributed by atoms with van der Waals surface area (Å²) in [6, 6.07) is 0. The minimum absolute atomic E-state index is 0.855. The van der Waals surface area contributed by atoms with E-state index in [1.165, 1.54) is 32.1 Å². The van der Waals surface area contributed by atoms with Crippen molar-refractivity contribution >= 4 is 0 Å². The van der Waals surface area contributed by atoms with Crippen LogP contribution in [0.5, 0.6) is 0 Å². The van der Waals surface area contributed by atoms with Gasteiger partial charge in [0.05, 0.1) is 0 Å². The molecular weight excluding hydrogens is 144 g/mol. The highest BCUT2D eigenvalue weighted by atomic mass is 14.6. The fraction of sp³-hybridized carbons (Fsp3) is 1.00. The van der Waals surface area contributed by atoms with Gasteiger partial charge in [0.1, 0.15) is 0 Å². The van der Waals surface area contributed by atoms with E-state index in [1.807, 2.05) is 0 Å². The Balaban J connectivity index is 1.94. The van der Waals surface area contributed by atoms with E-state index in [2.05, 4.69) is 13.8 Å². The van der Waals surface area contributed by atoms with E-state index in [0.717, 1.165) is 17.3 Å². The second-order valence-electron chi connectivity index (χ2n) is 4.98. The van der Waals surface area contributed by atoms with E-state index >= 15 is 0 Å². The summed E-state index contributed by atoms with van der Waals surface area (Å²) in [7, 11) is 0. The van der Waals surface area contributed by atoms with Gasteiger partial charge in [0, 0.05) is 0 Å². The Morgan fingerprint density at radius 2 is 1.83 bits per heavy atom. The van der Waals surface area contributed by atoms with Gasteiger partial charge >= 0.3 is 0 Å². The standard InChI is InChI=1S/C12H22/c1-3-7-11-10(2)12(11)8-5-4-6-9-12/h10-11H,3-9H2,1-2H3. The van der Waals surface area contributed by atoms with Gasteiger partial charge in [-0.25, -0.2) is 0 Å². The first-order chi connectivity index (χ1) is 5.81. The Bertz CT molecular complexity index is 153. The van der Waals surface area contributed by atoms with Crippen LogP contribution in [0.1, 0.15) is 58.8 Å². The Morgan fingerprint density at radius 3 is 2.42 bits per heavy atom. The summed E-state index contributed by atoms with van der Waals surface area (Å²) in [5.74, 6) is 2.18. The number of hydrogen-bond acceptors (Lipinski definition) is 0. The minimum Gasteiger partial charge on any atom is -0.0654 e. The zero-order chi connectivity index (χ0) is 8.60. The Kier molecular flexibility index (Phi) is 2.18. The molecule has 70 valence electrons. The van der Waals surface area contributed by atoms with Crippen LogP contribution in [0.25, 0.3) is 0 Å². The molecule has 0 aromatic carbocycles. The highest BCUT2D eigenvalue weighted by molar-refractivity contribution is 5.08. The average Bonchev–Trinajstić information content (AvgIpc) is 2.61. The lowest BCUT2D eigenvalue weighted by molar-refractivity contribution is 0.290. The minimum atomic E-state index is 0.855. The molecule has 0 aromatic rings. The summed E-state index contributed by atoms with van der Waals surface area (Å²) in [6.07, 6.45) is 10.6. The molecule has 2 aliphatic rings. The largest absolute Gasteiger partial charge is 0.0654 e. The summed E-state index contributed by atoms with van der Waals surface area (Å²) in [4.78, 5) is 0. The summed E-state index contributed by atoms with van der Waals surface area (Å²) >= 11 is 0. The van der Waals surface area contributed by atoms with Crippen LogP contribution in [-0.2, 0) is 0 Å². The average molecular weight is 166 g/mol.